The molecular formula is C11H22N2O2. The summed E-state index contributed by atoms with van der Waals surface area (Å²) in [6.07, 6.45) is 4.42. The molecule has 0 atom stereocenters. The first kappa shape index (κ1) is 12.3. The summed E-state index contributed by atoms with van der Waals surface area (Å²) in [6, 6.07) is 0.0815. The molecule has 0 unspecified atom stereocenters. The number of piperidine rings is 1. The number of nitrogens with one attached hydrogen (secondary N) is 1. The predicted octanol–water partition coefficient (Wildman–Crippen LogP) is 1.61. The van der Waals surface area contributed by atoms with Gasteiger partial charge >= 0.3 is 6.03 Å². The third-order valence-corrected chi connectivity index (χ3v) is 2.87. The molecule has 4 nitrogen and oxygen atoms in total. The summed E-state index contributed by atoms with van der Waals surface area (Å²) in [5.74, 6) is 0. The number of amides is 2. The largest absolute Gasteiger partial charge is 0.381 e. The highest BCUT2D eigenvalue weighted by Gasteiger charge is 2.21. The molecule has 1 rings (SSSR count). The van der Waals surface area contributed by atoms with Gasteiger partial charge in [0.2, 0.25) is 0 Å². The van der Waals surface area contributed by atoms with E-state index in [0.717, 1.165) is 45.3 Å². The minimum Gasteiger partial charge on any atom is -0.381 e. The molecule has 1 saturated heterocycles. The Labute approximate surface area is 92.0 Å². The van der Waals surface area contributed by atoms with Gasteiger partial charge < -0.3 is 15.0 Å². The average molecular weight is 214 g/mol. The molecule has 0 bridgehead atoms. The highest BCUT2D eigenvalue weighted by Crippen LogP contribution is 2.12. The molecule has 0 aliphatic carbocycles. The highest BCUT2D eigenvalue weighted by molar-refractivity contribution is 5.74. The van der Waals surface area contributed by atoms with Crippen LogP contribution >= 0.6 is 0 Å². The van der Waals surface area contributed by atoms with Crippen LogP contribution < -0.4 is 5.32 Å². The van der Waals surface area contributed by atoms with Crippen LogP contribution in [0.2, 0.25) is 0 Å². The lowest BCUT2D eigenvalue weighted by atomic mass is 10.1. The van der Waals surface area contributed by atoms with Gasteiger partial charge in [-0.25, -0.2) is 4.79 Å². The van der Waals surface area contributed by atoms with Gasteiger partial charge in [0.25, 0.3) is 0 Å². The number of hydrogen-bond donors (Lipinski definition) is 1. The van der Waals surface area contributed by atoms with Gasteiger partial charge in [-0.1, -0.05) is 13.3 Å². The maximum absolute atomic E-state index is 11.6. The summed E-state index contributed by atoms with van der Waals surface area (Å²) in [5.41, 5.74) is 0. The maximum atomic E-state index is 11.6. The molecule has 0 aromatic rings. The van der Waals surface area contributed by atoms with Crippen LogP contribution in [0, 0.1) is 0 Å². The zero-order valence-electron chi connectivity index (χ0n) is 9.79. The molecule has 1 aliphatic rings. The van der Waals surface area contributed by atoms with Crippen LogP contribution in [0.25, 0.3) is 0 Å². The number of unbranched alkanes of at least 4 members (excludes halogenated alkanes) is 1. The topological polar surface area (TPSA) is 41.6 Å². The SMILES string of the molecule is CCCCNC(=O)N1CCC(OC)CC1. The van der Waals surface area contributed by atoms with E-state index in [9.17, 15) is 4.79 Å². The number of nitrogens with zero attached hydrogens (tertiary/aromatic N) is 1. The summed E-state index contributed by atoms with van der Waals surface area (Å²) < 4.78 is 5.26. The minimum absolute atomic E-state index is 0.0815. The number of carbonyl (C=O) groups excluding carboxylic acids is 1. The van der Waals surface area contributed by atoms with Gasteiger partial charge in [-0.2, -0.15) is 0 Å². The number of ether oxygens (including phenoxy) is 1. The Morgan fingerprint density at radius 2 is 2.13 bits per heavy atom. The van der Waals surface area contributed by atoms with E-state index in [1.165, 1.54) is 0 Å². The first-order valence-corrected chi connectivity index (χ1v) is 5.83. The van der Waals surface area contributed by atoms with E-state index in [-0.39, 0.29) is 6.03 Å². The molecule has 2 amide bonds. The van der Waals surface area contributed by atoms with Gasteiger partial charge in [0.15, 0.2) is 0 Å². The molecule has 1 heterocycles. The van der Waals surface area contributed by atoms with Crippen molar-refractivity contribution in [3.8, 4) is 0 Å². The van der Waals surface area contributed by atoms with Crippen LogP contribution in [0.1, 0.15) is 32.6 Å². The van der Waals surface area contributed by atoms with Gasteiger partial charge in [0.1, 0.15) is 0 Å². The smallest absolute Gasteiger partial charge is 0.317 e. The molecular weight excluding hydrogens is 192 g/mol. The Kier molecular flexibility index (Phi) is 5.47. The minimum atomic E-state index is 0.0815. The average Bonchev–Trinajstić information content (AvgIpc) is 2.29. The third kappa shape index (κ3) is 4.08. The Morgan fingerprint density at radius 1 is 1.47 bits per heavy atom. The van der Waals surface area contributed by atoms with E-state index in [1.54, 1.807) is 7.11 Å². The third-order valence-electron chi connectivity index (χ3n) is 2.87. The second kappa shape index (κ2) is 6.67. The molecule has 0 aromatic carbocycles. The molecule has 1 N–H and O–H groups in total. The summed E-state index contributed by atoms with van der Waals surface area (Å²) in [5, 5.41) is 2.93. The molecule has 4 heteroatoms. The molecule has 15 heavy (non-hydrogen) atoms. The lowest BCUT2D eigenvalue weighted by Crippen LogP contribution is -2.46. The normalized spacial score (nSPS) is 17.9. The van der Waals surface area contributed by atoms with Crippen molar-refractivity contribution in [1.29, 1.82) is 0 Å². The lowest BCUT2D eigenvalue weighted by Gasteiger charge is -2.31. The van der Waals surface area contributed by atoms with Crippen LogP contribution in [0.5, 0.6) is 0 Å². The van der Waals surface area contributed by atoms with Crippen LogP contribution in [-0.4, -0.2) is 43.8 Å². The summed E-state index contributed by atoms with van der Waals surface area (Å²) in [7, 11) is 1.74. The zero-order chi connectivity index (χ0) is 11.1. The van der Waals surface area contributed by atoms with Crippen LogP contribution in [0.3, 0.4) is 0 Å². The van der Waals surface area contributed by atoms with Crippen molar-refractivity contribution in [1.82, 2.24) is 10.2 Å². The first-order chi connectivity index (χ1) is 7.27. The second-order valence-electron chi connectivity index (χ2n) is 4.01. The lowest BCUT2D eigenvalue weighted by molar-refractivity contribution is 0.0504. The van der Waals surface area contributed by atoms with Crippen molar-refractivity contribution in [3.05, 3.63) is 0 Å². The highest BCUT2D eigenvalue weighted by atomic mass is 16.5. The van der Waals surface area contributed by atoms with Crippen molar-refractivity contribution in [2.45, 2.75) is 38.7 Å². The molecule has 0 spiro atoms. The fourth-order valence-corrected chi connectivity index (χ4v) is 1.78. The van der Waals surface area contributed by atoms with Crippen LogP contribution in [0.15, 0.2) is 0 Å². The molecule has 0 aromatic heterocycles. The molecule has 1 fully saturated rings. The van der Waals surface area contributed by atoms with Crippen LogP contribution in [0.4, 0.5) is 4.79 Å². The second-order valence-corrected chi connectivity index (χ2v) is 4.01. The Balaban J connectivity index is 2.18. The molecule has 0 saturated carbocycles. The molecule has 88 valence electrons. The first-order valence-electron chi connectivity index (χ1n) is 5.83. The van der Waals surface area contributed by atoms with E-state index in [0.29, 0.717) is 6.10 Å². The van der Waals surface area contributed by atoms with Gasteiger partial charge in [-0.05, 0) is 19.3 Å². The standard InChI is InChI=1S/C11H22N2O2/c1-3-4-7-12-11(14)13-8-5-10(15-2)6-9-13/h10H,3-9H2,1-2H3,(H,12,14). The maximum Gasteiger partial charge on any atom is 0.317 e. The number of urea groups is 1. The van der Waals surface area contributed by atoms with Gasteiger partial charge in [0.05, 0.1) is 6.10 Å². The summed E-state index contributed by atoms with van der Waals surface area (Å²) in [6.45, 7) is 4.54. The van der Waals surface area contributed by atoms with Gasteiger partial charge in [-0.15, -0.1) is 0 Å². The van der Waals surface area contributed by atoms with Crippen molar-refractivity contribution in [3.63, 3.8) is 0 Å². The van der Waals surface area contributed by atoms with E-state index < -0.39 is 0 Å². The molecule has 1 aliphatic heterocycles. The van der Waals surface area contributed by atoms with Gasteiger partial charge in [-0.3, -0.25) is 0 Å². The summed E-state index contributed by atoms with van der Waals surface area (Å²) in [4.78, 5) is 13.5. The molecule has 0 radical (unpaired) electrons. The number of hydrogen-bond acceptors (Lipinski definition) is 2. The van der Waals surface area contributed by atoms with Crippen molar-refractivity contribution < 1.29 is 9.53 Å². The van der Waals surface area contributed by atoms with Crippen molar-refractivity contribution in [2.24, 2.45) is 0 Å². The number of rotatable bonds is 4. The van der Waals surface area contributed by atoms with Gasteiger partial charge in [0, 0.05) is 26.7 Å². The fraction of sp³-hybridized carbons (Fsp3) is 0.909. The van der Waals surface area contributed by atoms with E-state index in [1.807, 2.05) is 4.90 Å². The number of likely N-dealkylation sites (tertiary alicyclic amines) is 1. The Morgan fingerprint density at radius 3 is 2.67 bits per heavy atom. The monoisotopic (exact) mass is 214 g/mol. The van der Waals surface area contributed by atoms with Crippen molar-refractivity contribution in [2.75, 3.05) is 26.7 Å². The zero-order valence-corrected chi connectivity index (χ0v) is 9.79. The Hall–Kier alpha value is -0.770. The predicted molar refractivity (Wildman–Crippen MR) is 59.9 cm³/mol. The Bertz CT molecular complexity index is 189. The van der Waals surface area contributed by atoms with Crippen molar-refractivity contribution >= 4 is 6.03 Å². The van der Waals surface area contributed by atoms with Crippen LogP contribution in [-0.2, 0) is 4.74 Å². The summed E-state index contributed by atoms with van der Waals surface area (Å²) >= 11 is 0. The number of carbonyl (C=O) groups is 1. The van der Waals surface area contributed by atoms with E-state index >= 15 is 0 Å². The number of methoxy groups -OCH3 is 1. The van der Waals surface area contributed by atoms with E-state index in [2.05, 4.69) is 12.2 Å². The fourth-order valence-electron chi connectivity index (χ4n) is 1.78. The van der Waals surface area contributed by atoms with E-state index in [4.69, 9.17) is 4.74 Å². The quantitative estimate of drug-likeness (QED) is 0.722.